The fraction of sp³-hybridized carbons (Fsp3) is 0.562. The van der Waals surface area contributed by atoms with Crippen molar-refractivity contribution in [2.45, 2.75) is 74.4 Å². The molecule has 1 aromatic carbocycles. The molecule has 0 aliphatic carbocycles. The summed E-state index contributed by atoms with van der Waals surface area (Å²) in [5.41, 5.74) is 0.151. The van der Waals surface area contributed by atoms with Crippen LogP contribution in [0.15, 0.2) is 49.6 Å². The summed E-state index contributed by atoms with van der Waals surface area (Å²) in [6, 6.07) is 6.39. The molecule has 46 heavy (non-hydrogen) atoms. The summed E-state index contributed by atoms with van der Waals surface area (Å²) in [5, 5.41) is 20.7. The summed E-state index contributed by atoms with van der Waals surface area (Å²) in [4.78, 5) is 57.4. The van der Waals surface area contributed by atoms with E-state index in [-0.39, 0.29) is 61.9 Å². The van der Waals surface area contributed by atoms with Gasteiger partial charge in [-0.05, 0) is 44.7 Å². The van der Waals surface area contributed by atoms with Gasteiger partial charge >= 0.3 is 5.97 Å². The van der Waals surface area contributed by atoms with E-state index in [1.54, 1.807) is 28.7 Å². The Bertz CT molecular complexity index is 1480. The van der Waals surface area contributed by atoms with E-state index in [1.165, 1.54) is 4.90 Å². The van der Waals surface area contributed by atoms with Gasteiger partial charge in [0.25, 0.3) is 0 Å². The van der Waals surface area contributed by atoms with Crippen LogP contribution in [-0.2, 0) is 35.3 Å². The van der Waals surface area contributed by atoms with Crippen LogP contribution in [0.3, 0.4) is 0 Å². The van der Waals surface area contributed by atoms with Crippen molar-refractivity contribution >= 4 is 50.7 Å². The van der Waals surface area contributed by atoms with Crippen LogP contribution in [0.2, 0.25) is 0 Å². The molecule has 1 aromatic heterocycles. The number of benzene rings is 1. The minimum absolute atomic E-state index is 0.0593. The lowest BCUT2D eigenvalue weighted by Crippen LogP contribution is -2.57. The number of ether oxygens (including phenoxy) is 2. The number of unbranched alkanes of at least 4 members (excludes halogenated alkanes) is 1. The zero-order chi connectivity index (χ0) is 33.0. The number of likely N-dealkylation sites (tertiary alicyclic amines) is 1. The third kappa shape index (κ3) is 6.34. The van der Waals surface area contributed by atoms with Gasteiger partial charge in [-0.2, -0.15) is 0 Å². The smallest absolute Gasteiger partial charge is 0.312 e. The number of hydrogen-bond acceptors (Lipinski definition) is 9. The number of carbonyl (C=O) groups is 4. The number of fused-ring (bicyclic) bond motifs is 2. The van der Waals surface area contributed by atoms with Gasteiger partial charge in [0.15, 0.2) is 0 Å². The minimum Gasteiger partial charge on any atom is -0.460 e. The number of para-hydroxylation sites is 1. The topological polar surface area (TPSA) is 156 Å². The Kier molecular flexibility index (Phi) is 10.6. The van der Waals surface area contributed by atoms with Crippen molar-refractivity contribution < 1.29 is 33.8 Å². The normalized spacial score (nSPS) is 27.0. The number of aromatic nitrogens is 3. The van der Waals surface area contributed by atoms with Gasteiger partial charge < -0.3 is 29.7 Å². The standard InChI is InChI=1S/C32H41BrN6O7/c1-4-6-13-24(41)34-18-20(3)45-31(44)25-26-29(42)38(15-9-10-16-40)28(32(26)17-21(33)27(25)46-32)30(43)37(14-5-2)19-39-23-12-8-7-11-22(23)35-36-39/h4-5,7-8,11-12,20-21,25-28,40H,1-2,6,9-10,13-19H2,3H3,(H,34,41)/t20-,21?,25+,26-,27+,28+,32-/m0/s1. The molecule has 248 valence electrons. The van der Waals surface area contributed by atoms with Crippen LogP contribution in [0.25, 0.3) is 11.0 Å². The van der Waals surface area contributed by atoms with E-state index in [4.69, 9.17) is 9.47 Å². The first-order valence-electron chi connectivity index (χ1n) is 15.7. The Balaban J connectivity index is 1.41. The Morgan fingerprint density at radius 3 is 2.80 bits per heavy atom. The molecule has 2 aromatic rings. The van der Waals surface area contributed by atoms with Crippen molar-refractivity contribution in [2.75, 3.05) is 26.2 Å². The van der Waals surface area contributed by atoms with E-state index in [0.717, 1.165) is 5.52 Å². The van der Waals surface area contributed by atoms with Gasteiger partial charge in [-0.15, -0.1) is 18.3 Å². The van der Waals surface area contributed by atoms with Gasteiger partial charge in [0, 0.05) is 30.9 Å². The molecular weight excluding hydrogens is 660 g/mol. The van der Waals surface area contributed by atoms with Crippen molar-refractivity contribution in [1.82, 2.24) is 30.1 Å². The number of allylic oxidation sites excluding steroid dienone is 1. The largest absolute Gasteiger partial charge is 0.460 e. The van der Waals surface area contributed by atoms with Crippen LogP contribution >= 0.6 is 15.9 Å². The molecule has 4 heterocycles. The van der Waals surface area contributed by atoms with E-state index in [0.29, 0.717) is 31.2 Å². The lowest BCUT2D eigenvalue weighted by atomic mass is 9.70. The molecule has 3 saturated heterocycles. The fourth-order valence-electron chi connectivity index (χ4n) is 6.94. The van der Waals surface area contributed by atoms with Crippen LogP contribution in [-0.4, -0.2) is 109 Å². The molecule has 1 unspecified atom stereocenters. The highest BCUT2D eigenvalue weighted by molar-refractivity contribution is 9.09. The highest BCUT2D eigenvalue weighted by atomic mass is 79.9. The summed E-state index contributed by atoms with van der Waals surface area (Å²) < 4.78 is 14.0. The van der Waals surface area contributed by atoms with E-state index in [2.05, 4.69) is 44.7 Å². The average molecular weight is 702 g/mol. The van der Waals surface area contributed by atoms with Crippen LogP contribution in [0.5, 0.6) is 0 Å². The van der Waals surface area contributed by atoms with Gasteiger partial charge in [0.1, 0.15) is 29.9 Å². The molecular formula is C32H41BrN6O7. The molecule has 5 rings (SSSR count). The number of aliphatic hydroxyl groups excluding tert-OH is 1. The summed E-state index contributed by atoms with van der Waals surface area (Å²) in [6.45, 7) is 9.63. The molecule has 14 heteroatoms. The van der Waals surface area contributed by atoms with E-state index < -0.39 is 41.7 Å². The van der Waals surface area contributed by atoms with Crippen LogP contribution in [0.4, 0.5) is 0 Å². The van der Waals surface area contributed by atoms with E-state index in [9.17, 15) is 24.3 Å². The monoisotopic (exact) mass is 700 g/mol. The number of nitrogens with one attached hydrogen (secondary N) is 1. The maximum atomic E-state index is 14.6. The van der Waals surface area contributed by atoms with E-state index in [1.807, 2.05) is 24.3 Å². The van der Waals surface area contributed by atoms with Gasteiger partial charge in [0.05, 0.1) is 30.0 Å². The van der Waals surface area contributed by atoms with Crippen molar-refractivity contribution in [3.63, 3.8) is 0 Å². The summed E-state index contributed by atoms with van der Waals surface area (Å²) in [5.74, 6) is -3.38. The number of carbonyl (C=O) groups excluding carboxylic acids is 4. The molecule has 0 saturated carbocycles. The molecule has 3 aliphatic rings. The van der Waals surface area contributed by atoms with Crippen LogP contribution in [0, 0.1) is 11.8 Å². The Morgan fingerprint density at radius 2 is 2.07 bits per heavy atom. The average Bonchev–Trinajstić information content (AvgIpc) is 3.76. The summed E-state index contributed by atoms with van der Waals surface area (Å²) >= 11 is 3.68. The van der Waals surface area contributed by atoms with Gasteiger partial charge in [-0.3, -0.25) is 19.2 Å². The maximum Gasteiger partial charge on any atom is 0.312 e. The Labute approximate surface area is 276 Å². The van der Waals surface area contributed by atoms with Crippen LogP contribution in [0.1, 0.15) is 39.0 Å². The fourth-order valence-corrected chi connectivity index (χ4v) is 7.88. The third-order valence-corrected chi connectivity index (χ3v) is 9.81. The van der Waals surface area contributed by atoms with Crippen molar-refractivity contribution in [3.8, 4) is 0 Å². The summed E-state index contributed by atoms with van der Waals surface area (Å²) in [7, 11) is 0. The van der Waals surface area contributed by atoms with Crippen LogP contribution < -0.4 is 5.32 Å². The number of aliphatic hydroxyl groups is 1. The highest BCUT2D eigenvalue weighted by Gasteiger charge is 2.77. The molecule has 1 spiro atoms. The van der Waals surface area contributed by atoms with Crippen molar-refractivity contribution in [1.29, 1.82) is 0 Å². The predicted octanol–water partition coefficient (Wildman–Crippen LogP) is 1.94. The van der Waals surface area contributed by atoms with Gasteiger partial charge in [-0.1, -0.05) is 45.4 Å². The summed E-state index contributed by atoms with van der Waals surface area (Å²) in [6.07, 6.45) is 3.99. The molecule has 0 radical (unpaired) electrons. The number of esters is 1. The number of halogens is 1. The Morgan fingerprint density at radius 1 is 1.28 bits per heavy atom. The predicted molar refractivity (Wildman–Crippen MR) is 171 cm³/mol. The lowest BCUT2D eigenvalue weighted by Gasteiger charge is -2.37. The molecule has 7 atom stereocenters. The Hall–Kier alpha value is -3.62. The quantitative estimate of drug-likeness (QED) is 0.116. The SMILES string of the molecule is C=CCCC(=O)NC[C@H](C)OC(=O)[C@H]1[C@@H]2O[C@@]3(CC2Br)[C@@H]1C(=O)N(CCCCO)[C@@H]3C(=O)N(CC=C)Cn1nnc2ccccc21. The number of amides is 3. The molecule has 3 fully saturated rings. The third-order valence-electron chi connectivity index (χ3n) is 8.97. The first-order chi connectivity index (χ1) is 22.2. The number of alkyl halides is 1. The van der Waals surface area contributed by atoms with Gasteiger partial charge in [-0.25, -0.2) is 4.68 Å². The molecule has 2 N–H and O–H groups in total. The zero-order valence-electron chi connectivity index (χ0n) is 25.9. The highest BCUT2D eigenvalue weighted by Crippen LogP contribution is 2.60. The number of nitrogens with zero attached hydrogens (tertiary/aromatic N) is 5. The molecule has 3 aliphatic heterocycles. The van der Waals surface area contributed by atoms with Gasteiger partial charge in [0.2, 0.25) is 17.7 Å². The molecule has 2 bridgehead atoms. The zero-order valence-corrected chi connectivity index (χ0v) is 27.5. The lowest BCUT2D eigenvalue weighted by molar-refractivity contribution is -0.159. The maximum absolute atomic E-state index is 14.6. The first kappa shape index (κ1) is 33.7. The van der Waals surface area contributed by atoms with Crippen molar-refractivity contribution in [3.05, 3.63) is 49.6 Å². The number of rotatable bonds is 16. The second-order valence-electron chi connectivity index (χ2n) is 12.1. The molecule has 3 amide bonds. The number of hydrogen-bond donors (Lipinski definition) is 2. The molecule has 13 nitrogen and oxygen atoms in total. The first-order valence-corrected chi connectivity index (χ1v) is 16.6. The second-order valence-corrected chi connectivity index (χ2v) is 13.2. The van der Waals surface area contributed by atoms with Crippen molar-refractivity contribution in [2.24, 2.45) is 11.8 Å². The minimum atomic E-state index is -1.28. The van der Waals surface area contributed by atoms with E-state index >= 15 is 0 Å². The second kappa shape index (κ2) is 14.4.